The summed E-state index contributed by atoms with van der Waals surface area (Å²) in [4.78, 5) is 36.7. The standard InChI is InChI=1S/C39H71NO7/c1-6-8-10-12-14-16-18-20-22-24-26-28-30-38(42)47-35(33-45-32-31-36(39(43)44)40(3,4)5)34-46-37(41)29-27-25-23-21-19-17-15-13-11-9-7-2/h13,15,17,19,35-36H,6-12,14,16,18,20-34H2,1-5H3/p+1/b15-13+,19-17+. The van der Waals surface area contributed by atoms with Gasteiger partial charge in [-0.1, -0.05) is 128 Å². The Morgan fingerprint density at radius 3 is 1.66 bits per heavy atom. The third-order valence-electron chi connectivity index (χ3n) is 8.38. The van der Waals surface area contributed by atoms with E-state index in [4.69, 9.17) is 14.2 Å². The van der Waals surface area contributed by atoms with Crippen LogP contribution in [0.3, 0.4) is 0 Å². The summed E-state index contributed by atoms with van der Waals surface area (Å²) in [5, 5.41) is 9.57. The number of allylic oxidation sites excluding steroid dienone is 4. The number of hydrogen-bond acceptors (Lipinski definition) is 6. The highest BCUT2D eigenvalue weighted by molar-refractivity contribution is 5.72. The summed E-state index contributed by atoms with van der Waals surface area (Å²) < 4.78 is 17.1. The topological polar surface area (TPSA) is 99.1 Å². The zero-order chi connectivity index (χ0) is 35.0. The fourth-order valence-corrected chi connectivity index (χ4v) is 5.36. The molecule has 0 spiro atoms. The summed E-state index contributed by atoms with van der Waals surface area (Å²) in [6, 6.07) is -0.614. The van der Waals surface area contributed by atoms with Crippen LogP contribution < -0.4 is 0 Å². The molecule has 1 N–H and O–H groups in total. The summed E-state index contributed by atoms with van der Waals surface area (Å²) in [7, 11) is 5.51. The lowest BCUT2D eigenvalue weighted by Crippen LogP contribution is -2.50. The monoisotopic (exact) mass is 667 g/mol. The molecule has 0 amide bonds. The van der Waals surface area contributed by atoms with Crippen LogP contribution >= 0.6 is 0 Å². The van der Waals surface area contributed by atoms with Gasteiger partial charge in [-0.25, -0.2) is 4.79 Å². The van der Waals surface area contributed by atoms with Crippen LogP contribution in [-0.2, 0) is 28.6 Å². The lowest BCUT2D eigenvalue weighted by molar-refractivity contribution is -0.887. The molecule has 274 valence electrons. The highest BCUT2D eigenvalue weighted by Crippen LogP contribution is 2.14. The maximum atomic E-state index is 12.6. The van der Waals surface area contributed by atoms with E-state index >= 15 is 0 Å². The molecule has 0 aromatic carbocycles. The second-order valence-electron chi connectivity index (χ2n) is 13.9. The number of carboxylic acids is 1. The largest absolute Gasteiger partial charge is 0.477 e. The number of rotatable bonds is 33. The SMILES string of the molecule is CCCC/C=C/C=C/CCCCCC(=O)OCC(COCCC(C(=O)O)[N+](C)(C)C)OC(=O)CCCCCCCCCCCCCC. The molecule has 0 radical (unpaired) electrons. The second-order valence-corrected chi connectivity index (χ2v) is 13.9. The molecule has 47 heavy (non-hydrogen) atoms. The van der Waals surface area contributed by atoms with E-state index < -0.39 is 18.1 Å². The number of likely N-dealkylation sites (N-methyl/N-ethyl adjacent to an activating group) is 1. The fourth-order valence-electron chi connectivity index (χ4n) is 5.36. The molecule has 0 heterocycles. The van der Waals surface area contributed by atoms with Gasteiger partial charge in [-0.2, -0.15) is 0 Å². The highest BCUT2D eigenvalue weighted by atomic mass is 16.6. The first-order chi connectivity index (χ1) is 22.6. The number of ether oxygens (including phenoxy) is 3. The maximum absolute atomic E-state index is 12.6. The average molecular weight is 667 g/mol. The van der Waals surface area contributed by atoms with E-state index in [1.165, 1.54) is 70.6 Å². The van der Waals surface area contributed by atoms with Crippen LogP contribution in [0.1, 0.15) is 155 Å². The molecule has 0 aliphatic rings. The first kappa shape index (κ1) is 44.8. The van der Waals surface area contributed by atoms with Crippen LogP contribution in [0.25, 0.3) is 0 Å². The summed E-state index contributed by atoms with van der Waals surface area (Å²) >= 11 is 0. The lowest BCUT2D eigenvalue weighted by atomic mass is 10.0. The number of unbranched alkanes of at least 4 members (excludes halogenated alkanes) is 16. The molecule has 0 saturated carbocycles. The van der Waals surface area contributed by atoms with E-state index in [2.05, 4.69) is 38.2 Å². The van der Waals surface area contributed by atoms with Gasteiger partial charge in [-0.15, -0.1) is 0 Å². The maximum Gasteiger partial charge on any atom is 0.362 e. The average Bonchev–Trinajstić information content (AvgIpc) is 3.01. The minimum absolute atomic E-state index is 0.0557. The first-order valence-electron chi connectivity index (χ1n) is 18.9. The molecule has 2 unspecified atom stereocenters. The lowest BCUT2D eigenvalue weighted by Gasteiger charge is -2.31. The molecule has 2 atom stereocenters. The number of carbonyl (C=O) groups is 3. The van der Waals surface area contributed by atoms with E-state index in [1.807, 2.05) is 21.1 Å². The third-order valence-corrected chi connectivity index (χ3v) is 8.38. The van der Waals surface area contributed by atoms with Gasteiger partial charge >= 0.3 is 17.9 Å². The fraction of sp³-hybridized carbons (Fsp3) is 0.821. The Labute approximate surface area is 288 Å². The molecule has 0 bridgehead atoms. The Bertz CT molecular complexity index is 834. The van der Waals surface area contributed by atoms with Crippen LogP contribution in [-0.4, -0.2) is 80.6 Å². The predicted molar refractivity (Wildman–Crippen MR) is 192 cm³/mol. The Hall–Kier alpha value is -2.19. The molecule has 0 fully saturated rings. The van der Waals surface area contributed by atoms with E-state index in [1.54, 1.807) is 0 Å². The highest BCUT2D eigenvalue weighted by Gasteiger charge is 2.31. The van der Waals surface area contributed by atoms with Crippen LogP contribution in [0.15, 0.2) is 24.3 Å². The molecule has 8 heteroatoms. The van der Waals surface area contributed by atoms with Gasteiger partial charge < -0.3 is 23.8 Å². The normalized spacial score (nSPS) is 13.3. The van der Waals surface area contributed by atoms with Crippen molar-refractivity contribution in [1.29, 1.82) is 0 Å². The van der Waals surface area contributed by atoms with Crippen LogP contribution in [0, 0.1) is 0 Å². The predicted octanol–water partition coefficient (Wildman–Crippen LogP) is 9.35. The van der Waals surface area contributed by atoms with Gasteiger partial charge in [0.1, 0.15) is 6.61 Å². The van der Waals surface area contributed by atoms with Gasteiger partial charge in [-0.05, 0) is 32.1 Å². The van der Waals surface area contributed by atoms with Gasteiger partial charge in [0.05, 0.1) is 34.4 Å². The molecule has 0 aromatic rings. The zero-order valence-electron chi connectivity index (χ0n) is 31.0. The molecule has 0 aromatic heterocycles. The molecule has 0 rings (SSSR count). The molecular formula is C39H72NO7+. The minimum atomic E-state index is -0.879. The number of hydrogen-bond donors (Lipinski definition) is 1. The van der Waals surface area contributed by atoms with Crippen molar-refractivity contribution in [2.75, 3.05) is 41.0 Å². The van der Waals surface area contributed by atoms with E-state index in [-0.39, 0.29) is 36.2 Å². The van der Waals surface area contributed by atoms with Crippen LogP contribution in [0.4, 0.5) is 0 Å². The number of carbonyl (C=O) groups excluding carboxylic acids is 2. The Morgan fingerprint density at radius 1 is 0.638 bits per heavy atom. The van der Waals surface area contributed by atoms with Crippen molar-refractivity contribution in [3.05, 3.63) is 24.3 Å². The van der Waals surface area contributed by atoms with Gasteiger partial charge in [-0.3, -0.25) is 9.59 Å². The van der Waals surface area contributed by atoms with Crippen molar-refractivity contribution in [2.45, 2.75) is 167 Å². The molecule has 0 saturated heterocycles. The first-order valence-corrected chi connectivity index (χ1v) is 18.9. The summed E-state index contributed by atoms with van der Waals surface area (Å²) in [5.41, 5.74) is 0. The number of nitrogens with zero attached hydrogens (tertiary/aromatic N) is 1. The number of carboxylic acid groups (broad SMARTS) is 1. The number of esters is 2. The van der Waals surface area contributed by atoms with Crippen molar-refractivity contribution >= 4 is 17.9 Å². The minimum Gasteiger partial charge on any atom is -0.477 e. The van der Waals surface area contributed by atoms with Crippen LogP contribution in [0.5, 0.6) is 0 Å². The van der Waals surface area contributed by atoms with Crippen molar-refractivity contribution in [1.82, 2.24) is 0 Å². The van der Waals surface area contributed by atoms with Crippen molar-refractivity contribution in [3.63, 3.8) is 0 Å². The molecule has 0 aliphatic heterocycles. The van der Waals surface area contributed by atoms with Crippen LogP contribution in [0.2, 0.25) is 0 Å². The van der Waals surface area contributed by atoms with E-state index in [0.29, 0.717) is 19.3 Å². The summed E-state index contributed by atoms with van der Waals surface area (Å²) in [5.74, 6) is -1.50. The van der Waals surface area contributed by atoms with Gasteiger partial charge in [0.15, 0.2) is 12.1 Å². The van der Waals surface area contributed by atoms with E-state index in [0.717, 1.165) is 51.4 Å². The number of aliphatic carboxylic acids is 1. The van der Waals surface area contributed by atoms with Crippen molar-refractivity contribution in [2.24, 2.45) is 0 Å². The third kappa shape index (κ3) is 29.7. The zero-order valence-corrected chi connectivity index (χ0v) is 31.0. The molecular weight excluding hydrogens is 594 g/mol. The van der Waals surface area contributed by atoms with Gasteiger partial charge in [0.25, 0.3) is 0 Å². The molecule has 0 aliphatic carbocycles. The Morgan fingerprint density at radius 2 is 1.13 bits per heavy atom. The van der Waals surface area contributed by atoms with Gasteiger partial charge in [0.2, 0.25) is 0 Å². The van der Waals surface area contributed by atoms with E-state index in [9.17, 15) is 19.5 Å². The van der Waals surface area contributed by atoms with Gasteiger partial charge in [0, 0.05) is 19.3 Å². The quantitative estimate of drug-likeness (QED) is 0.0322. The number of quaternary nitrogens is 1. The Kier molecular flexibility index (Phi) is 29.7. The smallest absolute Gasteiger partial charge is 0.362 e. The Balaban J connectivity index is 4.47. The summed E-state index contributed by atoms with van der Waals surface area (Å²) in [6.45, 7) is 4.64. The summed E-state index contributed by atoms with van der Waals surface area (Å²) in [6.07, 6.45) is 30.7. The van der Waals surface area contributed by atoms with Crippen molar-refractivity contribution in [3.8, 4) is 0 Å². The molecule has 8 nitrogen and oxygen atoms in total. The second kappa shape index (κ2) is 31.1. The van der Waals surface area contributed by atoms with Crippen molar-refractivity contribution < 1.29 is 38.2 Å².